The summed E-state index contributed by atoms with van der Waals surface area (Å²) < 4.78 is 55.9. The van der Waals surface area contributed by atoms with Crippen LogP contribution < -0.4 is 9.47 Å². The number of ether oxygens (including phenoxy) is 3. The third-order valence-corrected chi connectivity index (χ3v) is 6.28. The highest BCUT2D eigenvalue weighted by Gasteiger charge is 2.37. The molecule has 0 amide bonds. The first-order valence-corrected chi connectivity index (χ1v) is 9.96. The van der Waals surface area contributed by atoms with E-state index in [-0.39, 0.29) is 28.9 Å². The number of hydrogen-bond donors (Lipinski definition) is 0. The molecule has 1 aliphatic heterocycles. The quantitative estimate of drug-likeness (QED) is 0.547. The van der Waals surface area contributed by atoms with Crippen LogP contribution in [0.15, 0.2) is 34.8 Å². The van der Waals surface area contributed by atoms with Gasteiger partial charge in [-0.05, 0) is 52.0 Å². The van der Waals surface area contributed by atoms with Crippen LogP contribution in [0.3, 0.4) is 0 Å². The monoisotopic (exact) mass is 470 g/mol. The van der Waals surface area contributed by atoms with E-state index in [2.05, 4.69) is 15.9 Å². The molecule has 0 N–H and O–H groups in total. The summed E-state index contributed by atoms with van der Waals surface area (Å²) in [6.45, 7) is 0.396. The van der Waals surface area contributed by atoms with Gasteiger partial charge in [0, 0.05) is 22.0 Å². The highest BCUT2D eigenvalue weighted by atomic mass is 79.9. The number of esters is 1. The number of methoxy groups -OCH3 is 1. The SMILES string of the molecule is COC(=O)CC1COc2cc(OC3CCc4c3ccc(C(F)(F)F)c4Br)ccc21. The fourth-order valence-electron chi connectivity index (χ4n) is 3.91. The lowest BCUT2D eigenvalue weighted by Crippen LogP contribution is -2.09. The molecule has 154 valence electrons. The molecule has 2 unspecified atom stereocenters. The number of benzene rings is 2. The van der Waals surface area contributed by atoms with Crippen LogP contribution in [0.5, 0.6) is 11.5 Å². The molecule has 2 atom stereocenters. The second kappa shape index (κ2) is 7.55. The Morgan fingerprint density at radius 2 is 2.00 bits per heavy atom. The third kappa shape index (κ3) is 3.82. The highest BCUT2D eigenvalue weighted by molar-refractivity contribution is 9.10. The Labute approximate surface area is 174 Å². The van der Waals surface area contributed by atoms with Crippen LogP contribution in [-0.2, 0) is 22.1 Å². The van der Waals surface area contributed by atoms with E-state index in [9.17, 15) is 18.0 Å². The van der Waals surface area contributed by atoms with Gasteiger partial charge < -0.3 is 14.2 Å². The highest BCUT2D eigenvalue weighted by Crippen LogP contribution is 2.45. The van der Waals surface area contributed by atoms with Crippen LogP contribution in [-0.4, -0.2) is 19.7 Å². The summed E-state index contributed by atoms with van der Waals surface area (Å²) in [7, 11) is 1.35. The van der Waals surface area contributed by atoms with Gasteiger partial charge in [0.25, 0.3) is 0 Å². The Morgan fingerprint density at radius 1 is 1.24 bits per heavy atom. The summed E-state index contributed by atoms with van der Waals surface area (Å²) in [5.74, 6) is 0.883. The minimum Gasteiger partial charge on any atom is -0.492 e. The predicted molar refractivity (Wildman–Crippen MR) is 102 cm³/mol. The van der Waals surface area contributed by atoms with Crippen molar-refractivity contribution < 1.29 is 32.2 Å². The number of carbonyl (C=O) groups excluding carboxylic acids is 1. The van der Waals surface area contributed by atoms with Gasteiger partial charge in [-0.2, -0.15) is 13.2 Å². The zero-order valence-electron chi connectivity index (χ0n) is 15.5. The molecule has 4 rings (SSSR count). The molecular formula is C21H18BrF3O4. The van der Waals surface area contributed by atoms with Gasteiger partial charge in [0.2, 0.25) is 0 Å². The molecule has 1 aliphatic carbocycles. The summed E-state index contributed by atoms with van der Waals surface area (Å²) in [4.78, 5) is 11.5. The summed E-state index contributed by atoms with van der Waals surface area (Å²) in [5.41, 5.74) is 1.65. The lowest BCUT2D eigenvalue weighted by atomic mass is 9.98. The van der Waals surface area contributed by atoms with Crippen LogP contribution in [0, 0.1) is 0 Å². The fraction of sp³-hybridized carbons (Fsp3) is 0.381. The minimum absolute atomic E-state index is 0.0598. The Kier molecular flexibility index (Phi) is 5.23. The van der Waals surface area contributed by atoms with Crippen molar-refractivity contribution in [3.8, 4) is 11.5 Å². The fourth-order valence-corrected chi connectivity index (χ4v) is 4.70. The van der Waals surface area contributed by atoms with Crippen molar-refractivity contribution in [3.63, 3.8) is 0 Å². The maximum atomic E-state index is 13.1. The molecular weight excluding hydrogens is 453 g/mol. The normalized spacial score (nSPS) is 20.0. The van der Waals surface area contributed by atoms with Crippen LogP contribution in [0.25, 0.3) is 0 Å². The van der Waals surface area contributed by atoms with Crippen molar-refractivity contribution in [2.24, 2.45) is 0 Å². The molecule has 2 aliphatic rings. The van der Waals surface area contributed by atoms with Gasteiger partial charge in [-0.25, -0.2) is 0 Å². The first-order valence-electron chi connectivity index (χ1n) is 9.16. The standard InChI is InChI=1S/C21H18BrF3O4/c1-27-19(26)8-11-10-28-18-9-12(2-3-13(11)18)29-17-7-5-15-14(17)4-6-16(20(15)22)21(23,24)25/h2-4,6,9,11,17H,5,7-8,10H2,1H3. The lowest BCUT2D eigenvalue weighted by molar-refractivity contribution is -0.141. The van der Waals surface area contributed by atoms with Crippen LogP contribution in [0.1, 0.15) is 47.1 Å². The van der Waals surface area contributed by atoms with Crippen molar-refractivity contribution in [3.05, 3.63) is 57.1 Å². The van der Waals surface area contributed by atoms with Crippen molar-refractivity contribution >= 4 is 21.9 Å². The zero-order valence-corrected chi connectivity index (χ0v) is 17.1. The van der Waals surface area contributed by atoms with E-state index in [1.807, 2.05) is 6.07 Å². The summed E-state index contributed by atoms with van der Waals surface area (Å²) in [5, 5.41) is 0. The van der Waals surface area contributed by atoms with Gasteiger partial charge in [-0.3, -0.25) is 4.79 Å². The summed E-state index contributed by atoms with van der Waals surface area (Å²) in [6, 6.07) is 8.02. The van der Waals surface area contributed by atoms with Gasteiger partial charge in [-0.15, -0.1) is 0 Å². The number of rotatable bonds is 4. The van der Waals surface area contributed by atoms with E-state index in [0.717, 1.165) is 17.2 Å². The summed E-state index contributed by atoms with van der Waals surface area (Å²) >= 11 is 3.12. The van der Waals surface area contributed by atoms with Gasteiger partial charge in [0.1, 0.15) is 17.6 Å². The number of carbonyl (C=O) groups is 1. The largest absolute Gasteiger partial charge is 0.492 e. The van der Waals surface area contributed by atoms with E-state index < -0.39 is 11.7 Å². The average Bonchev–Trinajstić information content (AvgIpc) is 3.26. The molecule has 0 aromatic heterocycles. The van der Waals surface area contributed by atoms with Crippen molar-refractivity contribution in [1.82, 2.24) is 0 Å². The van der Waals surface area contributed by atoms with Crippen LogP contribution in [0.4, 0.5) is 13.2 Å². The molecule has 2 aromatic rings. The number of hydrogen-bond acceptors (Lipinski definition) is 4. The molecule has 0 saturated carbocycles. The first kappa shape index (κ1) is 20.1. The molecule has 2 aromatic carbocycles. The predicted octanol–water partition coefficient (Wildman–Crippen LogP) is 5.57. The molecule has 0 fully saturated rings. The van der Waals surface area contributed by atoms with E-state index in [1.54, 1.807) is 12.1 Å². The Hall–Kier alpha value is -2.22. The minimum atomic E-state index is -4.40. The molecule has 0 radical (unpaired) electrons. The van der Waals surface area contributed by atoms with Crippen molar-refractivity contribution in [2.45, 2.75) is 37.5 Å². The lowest BCUT2D eigenvalue weighted by Gasteiger charge is -2.17. The third-order valence-electron chi connectivity index (χ3n) is 5.37. The average molecular weight is 471 g/mol. The summed E-state index contributed by atoms with van der Waals surface area (Å²) in [6.07, 6.45) is -3.38. The molecule has 1 heterocycles. The van der Waals surface area contributed by atoms with Crippen molar-refractivity contribution in [1.29, 1.82) is 0 Å². The molecule has 29 heavy (non-hydrogen) atoms. The first-order chi connectivity index (χ1) is 13.8. The van der Waals surface area contributed by atoms with E-state index >= 15 is 0 Å². The number of halogens is 4. The van der Waals surface area contributed by atoms with Crippen molar-refractivity contribution in [2.75, 3.05) is 13.7 Å². The maximum Gasteiger partial charge on any atom is 0.417 e. The van der Waals surface area contributed by atoms with Gasteiger partial charge >= 0.3 is 12.1 Å². The second-order valence-electron chi connectivity index (χ2n) is 7.13. The molecule has 0 spiro atoms. The molecule has 0 bridgehead atoms. The molecule has 8 heteroatoms. The van der Waals surface area contributed by atoms with Gasteiger partial charge in [0.05, 0.1) is 25.7 Å². The van der Waals surface area contributed by atoms with Crippen LogP contribution in [0.2, 0.25) is 0 Å². The van der Waals surface area contributed by atoms with E-state index in [4.69, 9.17) is 14.2 Å². The second-order valence-corrected chi connectivity index (χ2v) is 7.92. The molecule has 4 nitrogen and oxygen atoms in total. The molecule has 0 saturated heterocycles. The maximum absolute atomic E-state index is 13.1. The Balaban J connectivity index is 1.53. The van der Waals surface area contributed by atoms with E-state index in [1.165, 1.54) is 13.2 Å². The van der Waals surface area contributed by atoms with Gasteiger partial charge in [-0.1, -0.05) is 12.1 Å². The smallest absolute Gasteiger partial charge is 0.417 e. The topological polar surface area (TPSA) is 44.8 Å². The zero-order chi connectivity index (χ0) is 20.8. The number of alkyl halides is 3. The van der Waals surface area contributed by atoms with E-state index in [0.29, 0.717) is 36.5 Å². The number of fused-ring (bicyclic) bond motifs is 2. The Bertz CT molecular complexity index is 958. The van der Waals surface area contributed by atoms with Gasteiger partial charge in [0.15, 0.2) is 0 Å². The Morgan fingerprint density at radius 3 is 2.72 bits per heavy atom. The van der Waals surface area contributed by atoms with Crippen LogP contribution >= 0.6 is 15.9 Å².